The van der Waals surface area contributed by atoms with Crippen LogP contribution in [-0.2, 0) is 16.0 Å². The molecule has 0 spiro atoms. The van der Waals surface area contributed by atoms with E-state index in [0.29, 0.717) is 18.1 Å². The van der Waals surface area contributed by atoms with Crippen LogP contribution in [0.4, 0.5) is 0 Å². The average Bonchev–Trinajstić information content (AvgIpc) is 2.81. The molecule has 2 aromatic rings. The molecule has 0 saturated carbocycles. The van der Waals surface area contributed by atoms with Crippen LogP contribution in [-0.4, -0.2) is 47.7 Å². The standard InChI is InChI=1S/C20H23N.C4H4O4/c1-15-18-9-5-4-8-16(18)14-17(12-13-21(2)3)20-11-7-6-10-19(15)20;5-3(6)1-2-4(7)8/h4-11,17H,1,12-14H2,2-3H3;1-2H,(H,5,6)(H,7,8)/b;2-1-. The van der Waals surface area contributed by atoms with Crippen LogP contribution < -0.4 is 0 Å². The number of aliphatic carboxylic acids is 2. The SMILES string of the molecule is C=C1c2ccccc2CC(CCN(C)C)c2ccccc21.O=C(O)/C=C\C(=O)O. The normalized spacial score (nSPS) is 15.1. The first-order valence-electron chi connectivity index (χ1n) is 9.44. The number of hydrogen-bond donors (Lipinski definition) is 2. The van der Waals surface area contributed by atoms with Crippen LogP contribution in [0.1, 0.15) is 34.6 Å². The molecule has 3 rings (SSSR count). The highest BCUT2D eigenvalue weighted by Gasteiger charge is 2.23. The molecule has 0 radical (unpaired) electrons. The highest BCUT2D eigenvalue weighted by Crippen LogP contribution is 2.38. The van der Waals surface area contributed by atoms with Gasteiger partial charge in [-0.15, -0.1) is 0 Å². The van der Waals surface area contributed by atoms with Crippen molar-refractivity contribution in [1.29, 1.82) is 0 Å². The number of nitrogens with zero attached hydrogens (tertiary/aromatic N) is 1. The molecular weight excluding hydrogens is 366 g/mol. The van der Waals surface area contributed by atoms with E-state index in [2.05, 4.69) is 74.1 Å². The summed E-state index contributed by atoms with van der Waals surface area (Å²) in [6.45, 7) is 5.49. The van der Waals surface area contributed by atoms with Crippen LogP contribution in [0.3, 0.4) is 0 Å². The summed E-state index contributed by atoms with van der Waals surface area (Å²) in [6, 6.07) is 17.5. The van der Waals surface area contributed by atoms with Gasteiger partial charge in [-0.25, -0.2) is 9.59 Å². The van der Waals surface area contributed by atoms with Crippen molar-refractivity contribution in [2.24, 2.45) is 0 Å². The van der Waals surface area contributed by atoms with Gasteiger partial charge < -0.3 is 15.1 Å². The van der Waals surface area contributed by atoms with Gasteiger partial charge in [0.1, 0.15) is 0 Å². The topological polar surface area (TPSA) is 77.8 Å². The summed E-state index contributed by atoms with van der Waals surface area (Å²) in [5.74, 6) is -1.94. The second-order valence-electron chi connectivity index (χ2n) is 7.23. The smallest absolute Gasteiger partial charge is 0.328 e. The number of rotatable bonds is 5. The third kappa shape index (κ3) is 6.43. The predicted molar refractivity (Wildman–Crippen MR) is 115 cm³/mol. The van der Waals surface area contributed by atoms with Gasteiger partial charge in [0.05, 0.1) is 0 Å². The van der Waals surface area contributed by atoms with Crippen molar-refractivity contribution in [2.45, 2.75) is 18.8 Å². The Morgan fingerprint density at radius 1 is 1.00 bits per heavy atom. The maximum absolute atomic E-state index is 9.55. The van der Waals surface area contributed by atoms with Crippen molar-refractivity contribution < 1.29 is 19.8 Å². The van der Waals surface area contributed by atoms with Gasteiger partial charge in [0.15, 0.2) is 0 Å². The van der Waals surface area contributed by atoms with Gasteiger partial charge in [-0.3, -0.25) is 0 Å². The van der Waals surface area contributed by atoms with Crippen molar-refractivity contribution >= 4 is 17.5 Å². The second kappa shape index (κ2) is 10.4. The molecule has 0 fully saturated rings. The molecule has 152 valence electrons. The second-order valence-corrected chi connectivity index (χ2v) is 7.23. The minimum absolute atomic E-state index is 0.558. The third-order valence-electron chi connectivity index (χ3n) is 4.83. The molecule has 5 nitrogen and oxygen atoms in total. The summed E-state index contributed by atoms with van der Waals surface area (Å²) in [6.07, 6.45) is 3.41. The minimum atomic E-state index is -1.26. The molecule has 1 aliphatic carbocycles. The quantitative estimate of drug-likeness (QED) is 0.750. The summed E-state index contributed by atoms with van der Waals surface area (Å²) in [4.78, 5) is 21.4. The summed E-state index contributed by atoms with van der Waals surface area (Å²) in [7, 11) is 4.30. The zero-order valence-electron chi connectivity index (χ0n) is 16.8. The monoisotopic (exact) mass is 393 g/mol. The molecule has 1 unspecified atom stereocenters. The number of carboxylic acids is 2. The molecule has 0 saturated heterocycles. The van der Waals surface area contributed by atoms with Crippen molar-refractivity contribution in [3.05, 3.63) is 89.5 Å². The maximum Gasteiger partial charge on any atom is 0.328 e. The van der Waals surface area contributed by atoms with Gasteiger partial charge in [-0.05, 0) is 67.2 Å². The molecule has 0 aliphatic heterocycles. The number of hydrogen-bond acceptors (Lipinski definition) is 3. The Labute approximate surface area is 171 Å². The lowest BCUT2D eigenvalue weighted by Gasteiger charge is -2.20. The zero-order valence-corrected chi connectivity index (χ0v) is 16.8. The number of benzene rings is 2. The van der Waals surface area contributed by atoms with E-state index in [0.717, 1.165) is 13.0 Å². The Balaban J connectivity index is 0.000000321. The van der Waals surface area contributed by atoms with E-state index in [1.165, 1.54) is 34.2 Å². The van der Waals surface area contributed by atoms with Crippen LogP contribution in [0.25, 0.3) is 5.57 Å². The van der Waals surface area contributed by atoms with E-state index in [-0.39, 0.29) is 0 Å². The Morgan fingerprint density at radius 3 is 2.14 bits per heavy atom. The van der Waals surface area contributed by atoms with Crippen LogP contribution >= 0.6 is 0 Å². The molecule has 2 N–H and O–H groups in total. The summed E-state index contributed by atoms with van der Waals surface area (Å²) >= 11 is 0. The molecule has 1 aliphatic rings. The third-order valence-corrected chi connectivity index (χ3v) is 4.83. The average molecular weight is 393 g/mol. The molecule has 2 aromatic carbocycles. The Morgan fingerprint density at radius 2 is 1.55 bits per heavy atom. The van der Waals surface area contributed by atoms with Crippen LogP contribution in [0.5, 0.6) is 0 Å². The van der Waals surface area contributed by atoms with E-state index in [9.17, 15) is 9.59 Å². The van der Waals surface area contributed by atoms with Gasteiger partial charge in [-0.2, -0.15) is 0 Å². The van der Waals surface area contributed by atoms with Crippen LogP contribution in [0.2, 0.25) is 0 Å². The number of carboxylic acid groups (broad SMARTS) is 2. The van der Waals surface area contributed by atoms with Gasteiger partial charge in [0.2, 0.25) is 0 Å². The number of fused-ring (bicyclic) bond motifs is 2. The molecule has 0 heterocycles. The summed E-state index contributed by atoms with van der Waals surface area (Å²) in [5, 5.41) is 15.6. The van der Waals surface area contributed by atoms with Crippen molar-refractivity contribution in [2.75, 3.05) is 20.6 Å². The van der Waals surface area contributed by atoms with E-state index < -0.39 is 11.9 Å². The fraction of sp³-hybridized carbons (Fsp3) is 0.250. The Bertz CT molecular complexity index is 899. The highest BCUT2D eigenvalue weighted by atomic mass is 16.4. The largest absolute Gasteiger partial charge is 0.478 e. The first-order chi connectivity index (χ1) is 13.8. The van der Waals surface area contributed by atoms with Gasteiger partial charge in [-0.1, -0.05) is 55.1 Å². The predicted octanol–water partition coefficient (Wildman–Crippen LogP) is 4.05. The Hall–Kier alpha value is -3.18. The minimum Gasteiger partial charge on any atom is -0.478 e. The molecule has 0 bridgehead atoms. The molecular formula is C24H27NO4. The molecule has 29 heavy (non-hydrogen) atoms. The summed E-state index contributed by atoms with van der Waals surface area (Å²) < 4.78 is 0. The van der Waals surface area contributed by atoms with E-state index in [1.807, 2.05) is 0 Å². The lowest BCUT2D eigenvalue weighted by molar-refractivity contribution is -0.134. The van der Waals surface area contributed by atoms with Crippen LogP contribution in [0, 0.1) is 0 Å². The highest BCUT2D eigenvalue weighted by molar-refractivity contribution is 5.89. The first-order valence-corrected chi connectivity index (χ1v) is 9.44. The fourth-order valence-electron chi connectivity index (χ4n) is 3.46. The van der Waals surface area contributed by atoms with Gasteiger partial charge in [0, 0.05) is 12.2 Å². The van der Waals surface area contributed by atoms with Crippen molar-refractivity contribution in [3.63, 3.8) is 0 Å². The van der Waals surface area contributed by atoms with Crippen LogP contribution in [0.15, 0.2) is 67.3 Å². The van der Waals surface area contributed by atoms with Crippen molar-refractivity contribution in [1.82, 2.24) is 4.90 Å². The maximum atomic E-state index is 9.55. The lowest BCUT2D eigenvalue weighted by Crippen LogP contribution is -2.17. The molecule has 1 atom stereocenters. The molecule has 0 aromatic heterocycles. The van der Waals surface area contributed by atoms with Crippen molar-refractivity contribution in [3.8, 4) is 0 Å². The Kier molecular flexibility index (Phi) is 7.92. The van der Waals surface area contributed by atoms with E-state index in [1.54, 1.807) is 0 Å². The summed E-state index contributed by atoms with van der Waals surface area (Å²) in [5.41, 5.74) is 6.71. The van der Waals surface area contributed by atoms with Gasteiger partial charge in [0.25, 0.3) is 0 Å². The molecule has 5 heteroatoms. The lowest BCUT2D eigenvalue weighted by atomic mass is 9.88. The first kappa shape index (κ1) is 22.1. The molecule has 0 amide bonds. The number of carbonyl (C=O) groups is 2. The van der Waals surface area contributed by atoms with E-state index in [4.69, 9.17) is 10.2 Å². The fourth-order valence-corrected chi connectivity index (χ4v) is 3.46. The zero-order chi connectivity index (χ0) is 21.4. The van der Waals surface area contributed by atoms with E-state index >= 15 is 0 Å². The van der Waals surface area contributed by atoms with Gasteiger partial charge >= 0.3 is 11.9 Å².